The molecular weight excluding hydrogens is 286 g/mol. The van der Waals surface area contributed by atoms with E-state index in [1.807, 2.05) is 32.4 Å². The Morgan fingerprint density at radius 1 is 1.45 bits per heavy atom. The summed E-state index contributed by atoms with van der Waals surface area (Å²) >= 11 is 0. The SMILES string of the molecule is CCc1c(C(=O)N2CCOC(C(=O)O)C2)cnn1C(C)(C)C. The van der Waals surface area contributed by atoms with Crippen LogP contribution in [-0.2, 0) is 21.5 Å². The summed E-state index contributed by atoms with van der Waals surface area (Å²) in [5.41, 5.74) is 1.21. The molecule has 122 valence electrons. The summed E-state index contributed by atoms with van der Waals surface area (Å²) in [4.78, 5) is 25.3. The molecule has 22 heavy (non-hydrogen) atoms. The van der Waals surface area contributed by atoms with E-state index in [1.54, 1.807) is 6.20 Å². The number of nitrogens with zero attached hydrogens (tertiary/aromatic N) is 3. The summed E-state index contributed by atoms with van der Waals surface area (Å²) in [5, 5.41) is 13.4. The van der Waals surface area contributed by atoms with E-state index in [4.69, 9.17) is 9.84 Å². The van der Waals surface area contributed by atoms with Crippen LogP contribution in [0.15, 0.2) is 6.20 Å². The third kappa shape index (κ3) is 3.14. The largest absolute Gasteiger partial charge is 0.479 e. The minimum absolute atomic E-state index is 0.0675. The Bertz CT molecular complexity index is 574. The monoisotopic (exact) mass is 309 g/mol. The molecule has 0 radical (unpaired) electrons. The molecule has 1 saturated heterocycles. The molecule has 2 heterocycles. The van der Waals surface area contributed by atoms with Crippen molar-refractivity contribution in [2.45, 2.75) is 45.8 Å². The highest BCUT2D eigenvalue weighted by molar-refractivity contribution is 5.95. The van der Waals surface area contributed by atoms with Crippen molar-refractivity contribution in [3.05, 3.63) is 17.5 Å². The van der Waals surface area contributed by atoms with E-state index in [2.05, 4.69) is 5.10 Å². The summed E-state index contributed by atoms with van der Waals surface area (Å²) in [6.45, 7) is 8.77. The molecule has 1 N–H and O–H groups in total. The van der Waals surface area contributed by atoms with Crippen LogP contribution in [-0.4, -0.2) is 57.5 Å². The first-order valence-corrected chi connectivity index (χ1v) is 7.46. The number of carboxylic acid groups (broad SMARTS) is 1. The van der Waals surface area contributed by atoms with E-state index < -0.39 is 12.1 Å². The number of morpholine rings is 1. The quantitative estimate of drug-likeness (QED) is 0.904. The van der Waals surface area contributed by atoms with Crippen LogP contribution in [0.25, 0.3) is 0 Å². The molecular formula is C15H23N3O4. The number of carbonyl (C=O) groups is 2. The van der Waals surface area contributed by atoms with E-state index in [-0.39, 0.29) is 24.6 Å². The molecule has 2 rings (SSSR count). The number of carbonyl (C=O) groups excluding carboxylic acids is 1. The molecule has 1 fully saturated rings. The minimum atomic E-state index is -1.04. The van der Waals surface area contributed by atoms with Gasteiger partial charge in [0.05, 0.1) is 36.1 Å². The number of ether oxygens (including phenoxy) is 1. The highest BCUT2D eigenvalue weighted by Crippen LogP contribution is 2.21. The summed E-state index contributed by atoms with van der Waals surface area (Å²) in [7, 11) is 0. The fourth-order valence-electron chi connectivity index (χ4n) is 2.62. The van der Waals surface area contributed by atoms with Gasteiger partial charge in [-0.3, -0.25) is 9.48 Å². The molecule has 0 saturated carbocycles. The number of hydrogen-bond donors (Lipinski definition) is 1. The van der Waals surface area contributed by atoms with Crippen LogP contribution in [0.1, 0.15) is 43.7 Å². The lowest BCUT2D eigenvalue weighted by atomic mass is 10.1. The van der Waals surface area contributed by atoms with Gasteiger partial charge in [-0.25, -0.2) is 4.79 Å². The molecule has 1 aliphatic heterocycles. The Morgan fingerprint density at radius 2 is 2.14 bits per heavy atom. The first-order valence-electron chi connectivity index (χ1n) is 7.46. The Morgan fingerprint density at radius 3 is 2.68 bits per heavy atom. The predicted molar refractivity (Wildman–Crippen MR) is 79.9 cm³/mol. The first-order chi connectivity index (χ1) is 10.3. The van der Waals surface area contributed by atoms with Gasteiger partial charge in [0.1, 0.15) is 0 Å². The molecule has 7 nitrogen and oxygen atoms in total. The Hall–Kier alpha value is -1.89. The van der Waals surface area contributed by atoms with Crippen LogP contribution in [0.4, 0.5) is 0 Å². The molecule has 1 aliphatic rings. The zero-order valence-corrected chi connectivity index (χ0v) is 13.5. The van der Waals surface area contributed by atoms with Gasteiger partial charge in [0.25, 0.3) is 5.91 Å². The number of carboxylic acids is 1. The number of rotatable bonds is 3. The smallest absolute Gasteiger partial charge is 0.334 e. The van der Waals surface area contributed by atoms with Crippen molar-refractivity contribution in [1.29, 1.82) is 0 Å². The number of hydrogen-bond acceptors (Lipinski definition) is 4. The molecule has 1 aromatic heterocycles. The first kappa shape index (κ1) is 16.5. The van der Waals surface area contributed by atoms with Crippen LogP contribution in [0.5, 0.6) is 0 Å². The fraction of sp³-hybridized carbons (Fsp3) is 0.667. The van der Waals surface area contributed by atoms with E-state index in [9.17, 15) is 9.59 Å². The molecule has 0 spiro atoms. The average molecular weight is 309 g/mol. The summed E-state index contributed by atoms with van der Waals surface area (Å²) < 4.78 is 7.01. The van der Waals surface area contributed by atoms with Crippen LogP contribution in [0.2, 0.25) is 0 Å². The van der Waals surface area contributed by atoms with Crippen LogP contribution < -0.4 is 0 Å². The van der Waals surface area contributed by atoms with E-state index in [0.717, 1.165) is 5.69 Å². The van der Waals surface area contributed by atoms with Gasteiger partial charge in [-0.2, -0.15) is 5.10 Å². The van der Waals surface area contributed by atoms with Crippen molar-refractivity contribution in [2.24, 2.45) is 0 Å². The lowest BCUT2D eigenvalue weighted by Crippen LogP contribution is -2.48. The topological polar surface area (TPSA) is 84.7 Å². The second kappa shape index (κ2) is 6.08. The third-order valence-corrected chi connectivity index (χ3v) is 3.70. The standard InChI is InChI=1S/C15H23N3O4/c1-5-11-10(8-16-18(11)15(2,3)4)13(19)17-6-7-22-12(9-17)14(20)21/h8,12H,5-7,9H2,1-4H3,(H,20,21). The van der Waals surface area contributed by atoms with Crippen molar-refractivity contribution in [2.75, 3.05) is 19.7 Å². The van der Waals surface area contributed by atoms with Gasteiger partial charge in [-0.05, 0) is 27.2 Å². The van der Waals surface area contributed by atoms with Crippen molar-refractivity contribution in [3.8, 4) is 0 Å². The second-order valence-electron chi connectivity index (χ2n) is 6.39. The van der Waals surface area contributed by atoms with Gasteiger partial charge in [0.15, 0.2) is 6.10 Å². The zero-order valence-electron chi connectivity index (χ0n) is 13.5. The second-order valence-corrected chi connectivity index (χ2v) is 6.39. The minimum Gasteiger partial charge on any atom is -0.479 e. The Labute approximate surface area is 129 Å². The molecule has 1 unspecified atom stereocenters. The van der Waals surface area contributed by atoms with E-state index >= 15 is 0 Å². The molecule has 1 amide bonds. The lowest BCUT2D eigenvalue weighted by Gasteiger charge is -2.31. The average Bonchev–Trinajstić information content (AvgIpc) is 2.90. The van der Waals surface area contributed by atoms with Gasteiger partial charge in [-0.1, -0.05) is 6.92 Å². The fourth-order valence-corrected chi connectivity index (χ4v) is 2.62. The summed E-state index contributed by atoms with van der Waals surface area (Å²) in [5.74, 6) is -1.22. The molecule has 0 bridgehead atoms. The molecule has 0 aromatic carbocycles. The van der Waals surface area contributed by atoms with E-state index in [0.29, 0.717) is 18.5 Å². The van der Waals surface area contributed by atoms with Crippen molar-refractivity contribution >= 4 is 11.9 Å². The van der Waals surface area contributed by atoms with E-state index in [1.165, 1.54) is 4.90 Å². The van der Waals surface area contributed by atoms with Gasteiger partial charge in [-0.15, -0.1) is 0 Å². The van der Waals surface area contributed by atoms with Crippen LogP contribution in [0.3, 0.4) is 0 Å². The van der Waals surface area contributed by atoms with Crippen molar-refractivity contribution in [1.82, 2.24) is 14.7 Å². The van der Waals surface area contributed by atoms with Gasteiger partial charge >= 0.3 is 5.97 Å². The van der Waals surface area contributed by atoms with Crippen LogP contribution >= 0.6 is 0 Å². The number of amides is 1. The number of aromatic nitrogens is 2. The maximum Gasteiger partial charge on any atom is 0.334 e. The summed E-state index contributed by atoms with van der Waals surface area (Å²) in [6.07, 6.45) is 1.31. The Kier molecular flexibility index (Phi) is 4.55. The maximum absolute atomic E-state index is 12.7. The van der Waals surface area contributed by atoms with Crippen molar-refractivity contribution in [3.63, 3.8) is 0 Å². The molecule has 7 heteroatoms. The maximum atomic E-state index is 12.7. The summed E-state index contributed by atoms with van der Waals surface area (Å²) in [6, 6.07) is 0. The lowest BCUT2D eigenvalue weighted by molar-refractivity contribution is -0.154. The Balaban J connectivity index is 2.26. The van der Waals surface area contributed by atoms with Gasteiger partial charge in [0, 0.05) is 6.54 Å². The van der Waals surface area contributed by atoms with Gasteiger partial charge < -0.3 is 14.7 Å². The molecule has 1 atom stereocenters. The van der Waals surface area contributed by atoms with Crippen molar-refractivity contribution < 1.29 is 19.4 Å². The third-order valence-electron chi connectivity index (χ3n) is 3.70. The zero-order chi connectivity index (χ0) is 16.5. The highest BCUT2D eigenvalue weighted by Gasteiger charge is 2.32. The molecule has 1 aromatic rings. The predicted octanol–water partition coefficient (Wildman–Crippen LogP) is 1.13. The number of aliphatic carboxylic acids is 1. The highest BCUT2D eigenvalue weighted by atomic mass is 16.5. The van der Waals surface area contributed by atoms with Crippen LogP contribution in [0, 0.1) is 0 Å². The van der Waals surface area contributed by atoms with Gasteiger partial charge in [0.2, 0.25) is 0 Å². The normalized spacial score (nSPS) is 19.3. The molecule has 0 aliphatic carbocycles.